The van der Waals surface area contributed by atoms with E-state index in [0.717, 1.165) is 66.4 Å². The van der Waals surface area contributed by atoms with E-state index in [1.165, 1.54) is 0 Å². The number of carbonyl (C=O) groups excluding carboxylic acids is 1. The van der Waals surface area contributed by atoms with Gasteiger partial charge in [-0.05, 0) is 101 Å². The zero-order chi connectivity index (χ0) is 37.9. The Morgan fingerprint density at radius 2 is 1.79 bits per heavy atom. The Kier molecular flexibility index (Phi) is 9.54. The number of benzene rings is 2. The predicted molar refractivity (Wildman–Crippen MR) is 212 cm³/mol. The molecule has 0 saturated carbocycles. The first-order valence-corrected chi connectivity index (χ1v) is 18.3. The summed E-state index contributed by atoms with van der Waals surface area (Å²) in [5, 5.41) is 18.9. The highest BCUT2D eigenvalue weighted by molar-refractivity contribution is 6.35. The first-order chi connectivity index (χ1) is 25.3. The summed E-state index contributed by atoms with van der Waals surface area (Å²) in [5.41, 5.74) is 10.4. The summed E-state index contributed by atoms with van der Waals surface area (Å²) in [6.07, 6.45) is 3.22. The maximum absolute atomic E-state index is 15.1. The van der Waals surface area contributed by atoms with Gasteiger partial charge in [0.15, 0.2) is 11.7 Å². The first kappa shape index (κ1) is 36.2. The SMILES string of the molecule is CC(N=Nc1ccc2c(n1)c(N1C[C@@H](C)n3c(c(CCCOc4cc(C)c(Cl)c(C)c4)c4ccc(Cl)c(-c5c(C)nn(C)c5C)c43)C1=O)cn2C)=NN. The van der Waals surface area contributed by atoms with E-state index in [4.69, 9.17) is 43.9 Å². The van der Waals surface area contributed by atoms with Crippen molar-refractivity contribution in [1.82, 2.24) is 23.9 Å². The van der Waals surface area contributed by atoms with E-state index < -0.39 is 0 Å². The number of aromatic nitrogens is 5. The minimum atomic E-state index is -0.119. The number of pyridine rings is 1. The molecule has 0 fully saturated rings. The minimum absolute atomic E-state index is 0.117. The van der Waals surface area contributed by atoms with Crippen LogP contribution in [0, 0.1) is 27.7 Å². The van der Waals surface area contributed by atoms with E-state index in [1.54, 1.807) is 13.0 Å². The lowest BCUT2D eigenvalue weighted by molar-refractivity contribution is 0.0957. The van der Waals surface area contributed by atoms with Crippen molar-refractivity contribution in [3.63, 3.8) is 0 Å². The number of amides is 1. The maximum Gasteiger partial charge on any atom is 0.275 e. The minimum Gasteiger partial charge on any atom is -0.494 e. The molecular formula is C39H42Cl2N10O2. The Morgan fingerprint density at radius 1 is 1.06 bits per heavy atom. The largest absolute Gasteiger partial charge is 0.494 e. The zero-order valence-corrected chi connectivity index (χ0v) is 32.6. The van der Waals surface area contributed by atoms with Gasteiger partial charge in [-0.3, -0.25) is 9.48 Å². The Bertz CT molecular complexity index is 2480. The second kappa shape index (κ2) is 14.0. The van der Waals surface area contributed by atoms with Crippen LogP contribution in [-0.4, -0.2) is 48.8 Å². The molecule has 12 nitrogen and oxygen atoms in total. The van der Waals surface area contributed by atoms with E-state index >= 15 is 4.79 Å². The van der Waals surface area contributed by atoms with Crippen molar-refractivity contribution < 1.29 is 9.53 Å². The number of anilines is 1. The number of carbonyl (C=O) groups is 1. The summed E-state index contributed by atoms with van der Waals surface area (Å²) in [6.45, 7) is 12.7. The normalized spacial score (nSPS) is 15.1. The number of nitrogens with zero attached hydrogens (tertiary/aromatic N) is 9. The van der Waals surface area contributed by atoms with Crippen LogP contribution in [0.1, 0.15) is 64.9 Å². The average molecular weight is 754 g/mol. The van der Waals surface area contributed by atoms with Crippen molar-refractivity contribution in [3.8, 4) is 16.9 Å². The zero-order valence-electron chi connectivity index (χ0n) is 31.1. The van der Waals surface area contributed by atoms with E-state index in [-0.39, 0.29) is 11.9 Å². The molecule has 0 saturated heterocycles. The number of amidine groups is 1. The Hall–Kier alpha value is -5.20. The molecule has 0 aliphatic carbocycles. The third-order valence-electron chi connectivity index (χ3n) is 10.1. The third kappa shape index (κ3) is 6.23. The van der Waals surface area contributed by atoms with Crippen LogP contribution in [0.25, 0.3) is 33.1 Å². The Balaban J connectivity index is 1.36. The Labute approximate surface area is 317 Å². The highest BCUT2D eigenvalue weighted by Crippen LogP contribution is 2.45. The molecule has 1 aliphatic rings. The summed E-state index contributed by atoms with van der Waals surface area (Å²) in [4.78, 5) is 21.7. The number of azo groups is 1. The molecule has 5 heterocycles. The van der Waals surface area contributed by atoms with Gasteiger partial charge in [0.25, 0.3) is 5.91 Å². The van der Waals surface area contributed by atoms with Crippen LogP contribution >= 0.6 is 23.2 Å². The standard InChI is InChI=1S/C39H42Cl2N10O2/c1-20-16-26(17-21(2)35(20)41)53-15-9-10-27-28-11-12-29(40)34(33-23(4)47-49(8)24(33)5)37(28)51-22(3)18-50(39(52)38(27)51)31-19-48(7)30-13-14-32(43-36(30)31)46-45-25(6)44-42/h11-14,16-17,19,22H,9-10,15,18,42H2,1-8H3/t22-/m1/s1. The molecule has 0 radical (unpaired) electrons. The lowest BCUT2D eigenvalue weighted by Crippen LogP contribution is -2.42. The van der Waals surface area contributed by atoms with E-state index in [9.17, 15) is 0 Å². The van der Waals surface area contributed by atoms with Gasteiger partial charge in [-0.2, -0.15) is 10.2 Å². The number of fused-ring (bicyclic) bond motifs is 4. The fourth-order valence-electron chi connectivity index (χ4n) is 7.57. The number of hydrogen-bond donors (Lipinski definition) is 1. The van der Waals surface area contributed by atoms with E-state index in [0.29, 0.717) is 59.6 Å². The molecule has 1 amide bonds. The molecule has 4 aromatic heterocycles. The van der Waals surface area contributed by atoms with Crippen molar-refractivity contribution >= 4 is 68.4 Å². The summed E-state index contributed by atoms with van der Waals surface area (Å²) in [6, 6.07) is 11.5. The van der Waals surface area contributed by atoms with Gasteiger partial charge in [-0.15, -0.1) is 10.2 Å². The molecule has 1 atom stereocenters. The van der Waals surface area contributed by atoms with Gasteiger partial charge in [0.2, 0.25) is 0 Å². The molecule has 0 bridgehead atoms. The molecule has 274 valence electrons. The van der Waals surface area contributed by atoms with Gasteiger partial charge < -0.3 is 24.6 Å². The second-order valence-electron chi connectivity index (χ2n) is 13.8. The third-order valence-corrected chi connectivity index (χ3v) is 11.0. The molecule has 0 unspecified atom stereocenters. The second-order valence-corrected chi connectivity index (χ2v) is 14.6. The van der Waals surface area contributed by atoms with E-state index in [1.807, 2.05) is 92.5 Å². The smallest absolute Gasteiger partial charge is 0.275 e. The number of aryl methyl sites for hydroxylation is 6. The van der Waals surface area contributed by atoms with Gasteiger partial charge in [-0.25, -0.2) is 4.98 Å². The molecule has 2 aromatic carbocycles. The van der Waals surface area contributed by atoms with Crippen LogP contribution < -0.4 is 15.5 Å². The van der Waals surface area contributed by atoms with Crippen LogP contribution in [-0.2, 0) is 20.5 Å². The molecule has 2 N–H and O–H groups in total. The fourth-order valence-corrected chi connectivity index (χ4v) is 7.92. The van der Waals surface area contributed by atoms with Crippen LogP contribution in [0.4, 0.5) is 11.5 Å². The molecule has 7 rings (SSSR count). The van der Waals surface area contributed by atoms with Crippen molar-refractivity contribution in [2.75, 3.05) is 18.1 Å². The van der Waals surface area contributed by atoms with Gasteiger partial charge in [0, 0.05) is 60.1 Å². The number of hydrogen-bond acceptors (Lipinski definition) is 7. The number of rotatable bonds is 8. The molecule has 0 spiro atoms. The van der Waals surface area contributed by atoms with Gasteiger partial charge in [0.1, 0.15) is 17.0 Å². The lowest BCUT2D eigenvalue weighted by atomic mass is 9.98. The van der Waals surface area contributed by atoms with Crippen LogP contribution in [0.2, 0.25) is 10.0 Å². The molecular weight excluding hydrogens is 711 g/mol. The van der Waals surface area contributed by atoms with Crippen LogP contribution in [0.3, 0.4) is 0 Å². The summed E-state index contributed by atoms with van der Waals surface area (Å²) in [5.74, 6) is 6.70. The highest BCUT2D eigenvalue weighted by atomic mass is 35.5. The predicted octanol–water partition coefficient (Wildman–Crippen LogP) is 9.08. The van der Waals surface area contributed by atoms with Crippen molar-refractivity contribution in [3.05, 3.63) is 86.4 Å². The Morgan fingerprint density at radius 3 is 2.47 bits per heavy atom. The fraction of sp³-hybridized carbons (Fsp3) is 0.333. The van der Waals surface area contributed by atoms with Crippen molar-refractivity contribution in [2.24, 2.45) is 35.3 Å². The lowest BCUT2D eigenvalue weighted by Gasteiger charge is -2.34. The van der Waals surface area contributed by atoms with Crippen LogP contribution in [0.15, 0.2) is 57.9 Å². The average Bonchev–Trinajstić information content (AvgIpc) is 3.73. The van der Waals surface area contributed by atoms with Crippen molar-refractivity contribution in [2.45, 2.75) is 60.4 Å². The van der Waals surface area contributed by atoms with Crippen LogP contribution in [0.5, 0.6) is 5.75 Å². The summed E-state index contributed by atoms with van der Waals surface area (Å²) in [7, 11) is 3.88. The summed E-state index contributed by atoms with van der Waals surface area (Å²) >= 11 is 13.5. The maximum atomic E-state index is 15.1. The molecule has 6 aromatic rings. The first-order valence-electron chi connectivity index (χ1n) is 17.5. The van der Waals surface area contributed by atoms with Crippen molar-refractivity contribution in [1.29, 1.82) is 0 Å². The molecule has 53 heavy (non-hydrogen) atoms. The molecule has 14 heteroatoms. The van der Waals surface area contributed by atoms with Gasteiger partial charge >= 0.3 is 0 Å². The monoisotopic (exact) mass is 752 g/mol. The number of nitrogens with two attached hydrogens (primary N) is 1. The number of halogens is 2. The quantitative estimate of drug-likeness (QED) is 0.0414. The molecule has 1 aliphatic heterocycles. The highest BCUT2D eigenvalue weighted by Gasteiger charge is 2.38. The summed E-state index contributed by atoms with van der Waals surface area (Å²) < 4.78 is 12.3. The topological polar surface area (TPSA) is 133 Å². The van der Waals surface area contributed by atoms with Gasteiger partial charge in [0.05, 0.1) is 34.0 Å². The number of ether oxygens (including phenoxy) is 1. The van der Waals surface area contributed by atoms with E-state index in [2.05, 4.69) is 26.8 Å². The van der Waals surface area contributed by atoms with Gasteiger partial charge in [-0.1, -0.05) is 29.3 Å². The number of hydrazone groups is 1.